The minimum absolute atomic E-state index is 0.221. The van der Waals surface area contributed by atoms with Crippen molar-refractivity contribution in [1.29, 1.82) is 0 Å². The standard InChI is InChI=1S/C14H15N3O2S/c1-9-8-20-13(15-9)14(19)11-7-5-4-6-10(11)12(18)17(14)16(2)3/h4-8,19H,1-3H3. The maximum atomic E-state index is 12.5. The first kappa shape index (κ1) is 13.2. The number of nitrogens with zero attached hydrogens (tertiary/aromatic N) is 3. The molecule has 20 heavy (non-hydrogen) atoms. The molecule has 2 heterocycles. The van der Waals surface area contributed by atoms with Gasteiger partial charge in [0.25, 0.3) is 5.91 Å². The molecule has 1 aromatic heterocycles. The Labute approximate surface area is 121 Å². The van der Waals surface area contributed by atoms with Crippen molar-refractivity contribution in [3.05, 3.63) is 51.5 Å². The molecule has 0 aliphatic carbocycles. The largest absolute Gasteiger partial charge is 0.360 e. The monoisotopic (exact) mass is 289 g/mol. The molecule has 104 valence electrons. The van der Waals surface area contributed by atoms with Gasteiger partial charge in [-0.3, -0.25) is 4.79 Å². The third-order valence-electron chi connectivity index (χ3n) is 3.35. The molecule has 0 bridgehead atoms. The summed E-state index contributed by atoms with van der Waals surface area (Å²) in [6.07, 6.45) is 0. The van der Waals surface area contributed by atoms with Gasteiger partial charge in [0, 0.05) is 36.3 Å². The predicted molar refractivity (Wildman–Crippen MR) is 76.1 cm³/mol. The van der Waals surface area contributed by atoms with Gasteiger partial charge in [-0.05, 0) is 13.0 Å². The molecule has 1 amide bonds. The minimum Gasteiger partial charge on any atom is -0.360 e. The summed E-state index contributed by atoms with van der Waals surface area (Å²) in [4.78, 5) is 16.9. The number of rotatable bonds is 2. The van der Waals surface area contributed by atoms with E-state index in [1.54, 1.807) is 37.3 Å². The number of amides is 1. The van der Waals surface area contributed by atoms with E-state index >= 15 is 0 Å². The fourth-order valence-corrected chi connectivity index (χ4v) is 3.43. The Bertz CT molecular complexity index is 683. The Balaban J connectivity index is 2.27. The van der Waals surface area contributed by atoms with E-state index in [2.05, 4.69) is 4.98 Å². The van der Waals surface area contributed by atoms with E-state index in [1.165, 1.54) is 16.3 Å². The second-order valence-electron chi connectivity index (χ2n) is 4.98. The van der Waals surface area contributed by atoms with Gasteiger partial charge in [0.15, 0.2) is 5.01 Å². The first-order chi connectivity index (χ1) is 9.46. The van der Waals surface area contributed by atoms with Gasteiger partial charge in [0.2, 0.25) is 5.72 Å². The number of aromatic nitrogens is 1. The van der Waals surface area contributed by atoms with Gasteiger partial charge in [0.1, 0.15) is 0 Å². The van der Waals surface area contributed by atoms with Gasteiger partial charge in [-0.15, -0.1) is 11.3 Å². The molecule has 1 aliphatic heterocycles. The molecule has 0 radical (unpaired) electrons. The molecule has 0 saturated heterocycles. The van der Waals surface area contributed by atoms with Crippen molar-refractivity contribution in [2.45, 2.75) is 12.6 Å². The van der Waals surface area contributed by atoms with E-state index in [-0.39, 0.29) is 5.91 Å². The number of hydrogen-bond acceptors (Lipinski definition) is 5. The zero-order valence-corrected chi connectivity index (χ0v) is 12.3. The summed E-state index contributed by atoms with van der Waals surface area (Å²) < 4.78 is 0. The lowest BCUT2D eigenvalue weighted by atomic mass is 10.0. The number of fused-ring (bicyclic) bond motifs is 1. The topological polar surface area (TPSA) is 56.7 Å². The molecule has 1 unspecified atom stereocenters. The second kappa shape index (κ2) is 4.37. The second-order valence-corrected chi connectivity index (χ2v) is 5.83. The molecule has 3 rings (SSSR count). The summed E-state index contributed by atoms with van der Waals surface area (Å²) in [5.41, 5.74) is 0.384. The van der Waals surface area contributed by atoms with Crippen LogP contribution in [0.4, 0.5) is 0 Å². The van der Waals surface area contributed by atoms with E-state index < -0.39 is 5.72 Å². The molecule has 0 saturated carbocycles. The summed E-state index contributed by atoms with van der Waals surface area (Å²) in [6.45, 7) is 1.87. The lowest BCUT2D eigenvalue weighted by molar-refractivity contribution is -0.136. The average molecular weight is 289 g/mol. The zero-order chi connectivity index (χ0) is 14.5. The van der Waals surface area contributed by atoms with Crippen LogP contribution in [-0.2, 0) is 5.72 Å². The summed E-state index contributed by atoms with van der Waals surface area (Å²) in [5, 5.41) is 16.5. The smallest absolute Gasteiger partial charge is 0.271 e. The number of hydrazine groups is 1. The van der Waals surface area contributed by atoms with Gasteiger partial charge in [-0.1, -0.05) is 18.2 Å². The molecule has 2 aromatic rings. The summed E-state index contributed by atoms with van der Waals surface area (Å²) in [7, 11) is 3.46. The SMILES string of the molecule is Cc1csc(C2(O)c3ccccc3C(=O)N2N(C)C)n1. The van der Waals surface area contributed by atoms with Crippen LogP contribution >= 0.6 is 11.3 Å². The van der Waals surface area contributed by atoms with Crippen LogP contribution < -0.4 is 0 Å². The quantitative estimate of drug-likeness (QED) is 0.912. The molecule has 1 aromatic carbocycles. The molecule has 6 heteroatoms. The lowest BCUT2D eigenvalue weighted by Crippen LogP contribution is -2.51. The van der Waals surface area contributed by atoms with Crippen LogP contribution in [0.3, 0.4) is 0 Å². The average Bonchev–Trinajstić information content (AvgIpc) is 2.93. The van der Waals surface area contributed by atoms with Crippen LogP contribution in [0.5, 0.6) is 0 Å². The number of carbonyl (C=O) groups excluding carboxylic acids is 1. The first-order valence-corrected chi connectivity index (χ1v) is 7.10. The van der Waals surface area contributed by atoms with E-state index in [9.17, 15) is 9.90 Å². The van der Waals surface area contributed by atoms with E-state index in [0.717, 1.165) is 5.69 Å². The van der Waals surface area contributed by atoms with Crippen LogP contribution in [0, 0.1) is 6.92 Å². The highest BCUT2D eigenvalue weighted by Crippen LogP contribution is 2.43. The van der Waals surface area contributed by atoms with Crippen molar-refractivity contribution in [2.75, 3.05) is 14.1 Å². The van der Waals surface area contributed by atoms with Crippen molar-refractivity contribution in [3.63, 3.8) is 0 Å². The van der Waals surface area contributed by atoms with Crippen molar-refractivity contribution < 1.29 is 9.90 Å². The van der Waals surface area contributed by atoms with Gasteiger partial charge in [-0.2, -0.15) is 0 Å². The van der Waals surface area contributed by atoms with Gasteiger partial charge >= 0.3 is 0 Å². The number of carbonyl (C=O) groups is 1. The first-order valence-electron chi connectivity index (χ1n) is 6.22. The third kappa shape index (κ3) is 1.62. The Morgan fingerprint density at radius 3 is 2.65 bits per heavy atom. The zero-order valence-electron chi connectivity index (χ0n) is 11.5. The lowest BCUT2D eigenvalue weighted by Gasteiger charge is -2.36. The minimum atomic E-state index is -1.53. The van der Waals surface area contributed by atoms with Crippen molar-refractivity contribution in [3.8, 4) is 0 Å². The fourth-order valence-electron chi connectivity index (χ4n) is 2.54. The van der Waals surface area contributed by atoms with Gasteiger partial charge < -0.3 is 5.11 Å². The van der Waals surface area contributed by atoms with Crippen molar-refractivity contribution in [2.24, 2.45) is 0 Å². The van der Waals surface area contributed by atoms with E-state index in [4.69, 9.17) is 0 Å². The highest BCUT2D eigenvalue weighted by Gasteiger charge is 2.53. The number of benzene rings is 1. The molecule has 1 atom stereocenters. The third-order valence-corrected chi connectivity index (χ3v) is 4.41. The van der Waals surface area contributed by atoms with E-state index in [0.29, 0.717) is 16.1 Å². The van der Waals surface area contributed by atoms with Crippen molar-refractivity contribution >= 4 is 17.2 Å². The molecular weight excluding hydrogens is 274 g/mol. The summed E-state index contributed by atoms with van der Waals surface area (Å²) in [6, 6.07) is 7.11. The highest BCUT2D eigenvalue weighted by atomic mass is 32.1. The molecule has 1 N–H and O–H groups in total. The van der Waals surface area contributed by atoms with Crippen LogP contribution in [0.2, 0.25) is 0 Å². The van der Waals surface area contributed by atoms with Crippen LogP contribution in [-0.4, -0.2) is 40.1 Å². The fraction of sp³-hybridized carbons (Fsp3) is 0.286. The number of aliphatic hydroxyl groups is 1. The Hall–Kier alpha value is -1.76. The Kier molecular flexibility index (Phi) is 2.89. The van der Waals surface area contributed by atoms with Crippen LogP contribution in [0.1, 0.15) is 26.6 Å². The molecule has 0 fully saturated rings. The van der Waals surface area contributed by atoms with E-state index in [1.807, 2.05) is 18.4 Å². The maximum absolute atomic E-state index is 12.5. The van der Waals surface area contributed by atoms with Crippen LogP contribution in [0.15, 0.2) is 29.6 Å². The summed E-state index contributed by atoms with van der Waals surface area (Å²) in [5.74, 6) is -0.221. The van der Waals surface area contributed by atoms with Gasteiger partial charge in [-0.25, -0.2) is 15.0 Å². The molecule has 5 nitrogen and oxygen atoms in total. The molecule has 1 aliphatic rings. The highest BCUT2D eigenvalue weighted by molar-refractivity contribution is 7.09. The number of aryl methyl sites for hydroxylation is 1. The summed E-state index contributed by atoms with van der Waals surface area (Å²) >= 11 is 1.35. The number of hydrogen-bond donors (Lipinski definition) is 1. The maximum Gasteiger partial charge on any atom is 0.271 e. The normalized spacial score (nSPS) is 21.6. The molecular formula is C14H15N3O2S. The molecule has 0 spiro atoms. The van der Waals surface area contributed by atoms with Crippen LogP contribution in [0.25, 0.3) is 0 Å². The Morgan fingerprint density at radius 1 is 1.35 bits per heavy atom. The van der Waals surface area contributed by atoms with Crippen molar-refractivity contribution in [1.82, 2.24) is 15.0 Å². The van der Waals surface area contributed by atoms with Gasteiger partial charge in [0.05, 0.1) is 0 Å². The predicted octanol–water partition coefficient (Wildman–Crippen LogP) is 1.58. The Morgan fingerprint density at radius 2 is 2.05 bits per heavy atom. The number of thiazole rings is 1.